The third-order valence-corrected chi connectivity index (χ3v) is 2.92. The predicted octanol–water partition coefficient (Wildman–Crippen LogP) is 3.54. The first-order chi connectivity index (χ1) is 8.10. The number of rotatable bonds is 7. The van der Waals surface area contributed by atoms with Crippen LogP contribution >= 0.6 is 0 Å². The summed E-state index contributed by atoms with van der Waals surface area (Å²) < 4.78 is 1.77. The fourth-order valence-electron chi connectivity index (χ4n) is 2.07. The minimum Gasteiger partial charge on any atom is -0.493 e. The van der Waals surface area contributed by atoms with E-state index in [0.717, 1.165) is 43.5 Å². The summed E-state index contributed by atoms with van der Waals surface area (Å²) in [6.45, 7) is 9.46. The number of hydrogen-bond donors (Lipinski definition) is 1. The molecule has 0 aliphatic heterocycles. The lowest BCUT2D eigenvalue weighted by Gasteiger charge is -2.05. The Bertz CT molecular complexity index is 342. The maximum atomic E-state index is 10.2. The fraction of sp³-hybridized carbons (Fsp3) is 0.786. The average molecular weight is 238 g/mol. The minimum absolute atomic E-state index is 0.395. The Morgan fingerprint density at radius 3 is 2.47 bits per heavy atom. The van der Waals surface area contributed by atoms with E-state index in [4.69, 9.17) is 0 Å². The summed E-state index contributed by atoms with van der Waals surface area (Å²) in [5, 5.41) is 14.7. The van der Waals surface area contributed by atoms with Gasteiger partial charge in [0.1, 0.15) is 0 Å². The Morgan fingerprint density at radius 1 is 1.24 bits per heavy atom. The summed E-state index contributed by atoms with van der Waals surface area (Å²) in [4.78, 5) is 0. The first kappa shape index (κ1) is 14.1. The third kappa shape index (κ3) is 3.76. The molecule has 1 aromatic rings. The number of nitrogens with zero attached hydrogens (tertiary/aromatic N) is 2. The van der Waals surface area contributed by atoms with Crippen LogP contribution in [0.15, 0.2) is 0 Å². The molecule has 0 radical (unpaired) electrons. The molecule has 0 bridgehead atoms. The molecule has 17 heavy (non-hydrogen) atoms. The van der Waals surface area contributed by atoms with Crippen molar-refractivity contribution >= 4 is 0 Å². The Balaban J connectivity index is 2.94. The van der Waals surface area contributed by atoms with E-state index >= 15 is 0 Å². The second-order valence-electron chi connectivity index (χ2n) is 5.17. The lowest BCUT2D eigenvalue weighted by atomic mass is 10.0. The molecule has 0 saturated carbocycles. The van der Waals surface area contributed by atoms with Crippen molar-refractivity contribution in [3.8, 4) is 5.88 Å². The zero-order valence-corrected chi connectivity index (χ0v) is 11.7. The topological polar surface area (TPSA) is 38.0 Å². The van der Waals surface area contributed by atoms with Gasteiger partial charge in [-0.1, -0.05) is 34.1 Å². The van der Waals surface area contributed by atoms with Crippen LogP contribution in [0.2, 0.25) is 0 Å². The minimum atomic E-state index is 0.395. The van der Waals surface area contributed by atoms with E-state index in [1.54, 1.807) is 4.68 Å². The molecule has 3 heteroatoms. The highest BCUT2D eigenvalue weighted by atomic mass is 16.3. The zero-order valence-electron chi connectivity index (χ0n) is 11.7. The van der Waals surface area contributed by atoms with Crippen LogP contribution < -0.4 is 0 Å². The molecule has 0 spiro atoms. The summed E-state index contributed by atoms with van der Waals surface area (Å²) >= 11 is 0. The van der Waals surface area contributed by atoms with E-state index < -0.39 is 0 Å². The van der Waals surface area contributed by atoms with Crippen molar-refractivity contribution < 1.29 is 5.11 Å². The zero-order chi connectivity index (χ0) is 12.8. The number of hydrogen-bond acceptors (Lipinski definition) is 2. The Labute approximate surface area is 105 Å². The SMILES string of the molecule is CCCCc1nn(CCC)c(O)c1CC(C)C. The molecule has 0 aliphatic carbocycles. The molecule has 0 unspecified atom stereocenters. The van der Waals surface area contributed by atoms with E-state index in [0.29, 0.717) is 11.8 Å². The molecular weight excluding hydrogens is 212 g/mol. The van der Waals surface area contributed by atoms with E-state index in [1.807, 2.05) is 0 Å². The maximum Gasteiger partial charge on any atom is 0.212 e. The highest BCUT2D eigenvalue weighted by Gasteiger charge is 2.17. The quantitative estimate of drug-likeness (QED) is 0.789. The highest BCUT2D eigenvalue weighted by Crippen LogP contribution is 2.25. The summed E-state index contributed by atoms with van der Waals surface area (Å²) in [5.74, 6) is 0.951. The van der Waals surface area contributed by atoms with Crippen LogP contribution in [0.25, 0.3) is 0 Å². The molecule has 0 fully saturated rings. The van der Waals surface area contributed by atoms with Gasteiger partial charge in [-0.2, -0.15) is 5.10 Å². The van der Waals surface area contributed by atoms with Gasteiger partial charge in [-0.05, 0) is 31.6 Å². The number of aryl methyl sites for hydroxylation is 2. The summed E-state index contributed by atoms with van der Waals surface area (Å²) in [5.41, 5.74) is 2.17. The summed E-state index contributed by atoms with van der Waals surface area (Å²) in [6.07, 6.45) is 5.23. The third-order valence-electron chi connectivity index (χ3n) is 2.92. The second kappa shape index (κ2) is 6.67. The smallest absolute Gasteiger partial charge is 0.212 e. The van der Waals surface area contributed by atoms with Crippen molar-refractivity contribution in [3.05, 3.63) is 11.3 Å². The number of aromatic hydroxyl groups is 1. The number of unbranched alkanes of at least 4 members (excludes halogenated alkanes) is 1. The van der Waals surface area contributed by atoms with Crippen molar-refractivity contribution in [1.82, 2.24) is 9.78 Å². The van der Waals surface area contributed by atoms with Gasteiger partial charge >= 0.3 is 0 Å². The van der Waals surface area contributed by atoms with Crippen molar-refractivity contribution in [1.29, 1.82) is 0 Å². The molecular formula is C14H26N2O. The first-order valence-corrected chi connectivity index (χ1v) is 6.87. The fourth-order valence-corrected chi connectivity index (χ4v) is 2.07. The molecule has 0 saturated heterocycles. The van der Waals surface area contributed by atoms with Gasteiger partial charge in [0.25, 0.3) is 0 Å². The number of aromatic nitrogens is 2. The van der Waals surface area contributed by atoms with Gasteiger partial charge in [0.2, 0.25) is 5.88 Å². The van der Waals surface area contributed by atoms with Gasteiger partial charge in [0.05, 0.1) is 5.69 Å². The van der Waals surface area contributed by atoms with E-state index in [9.17, 15) is 5.11 Å². The van der Waals surface area contributed by atoms with Gasteiger partial charge in [-0.15, -0.1) is 0 Å². The van der Waals surface area contributed by atoms with Gasteiger partial charge in [-0.25, -0.2) is 4.68 Å². The Morgan fingerprint density at radius 2 is 1.94 bits per heavy atom. The molecule has 1 N–H and O–H groups in total. The highest BCUT2D eigenvalue weighted by molar-refractivity contribution is 5.31. The molecule has 1 rings (SSSR count). The van der Waals surface area contributed by atoms with Crippen LogP contribution in [0.3, 0.4) is 0 Å². The molecule has 98 valence electrons. The monoisotopic (exact) mass is 238 g/mol. The van der Waals surface area contributed by atoms with Crippen LogP contribution in [-0.2, 0) is 19.4 Å². The van der Waals surface area contributed by atoms with Gasteiger partial charge < -0.3 is 5.11 Å². The van der Waals surface area contributed by atoms with Crippen molar-refractivity contribution in [2.24, 2.45) is 5.92 Å². The second-order valence-corrected chi connectivity index (χ2v) is 5.17. The molecule has 0 aliphatic rings. The molecule has 0 aromatic carbocycles. The Kier molecular flexibility index (Phi) is 5.52. The van der Waals surface area contributed by atoms with Crippen LogP contribution in [0.4, 0.5) is 0 Å². The van der Waals surface area contributed by atoms with Crippen molar-refractivity contribution in [2.45, 2.75) is 66.3 Å². The molecule has 3 nitrogen and oxygen atoms in total. The summed E-state index contributed by atoms with van der Waals surface area (Å²) in [7, 11) is 0. The molecule has 1 aromatic heterocycles. The normalized spacial score (nSPS) is 11.4. The van der Waals surface area contributed by atoms with Crippen molar-refractivity contribution in [3.63, 3.8) is 0 Å². The van der Waals surface area contributed by atoms with E-state index in [1.165, 1.54) is 6.42 Å². The average Bonchev–Trinajstić information content (AvgIpc) is 2.55. The molecule has 1 heterocycles. The Hall–Kier alpha value is -0.990. The standard InChI is InChI=1S/C14H26N2O/c1-5-7-8-13-12(10-11(3)4)14(17)16(15-13)9-6-2/h11,17H,5-10H2,1-4H3. The van der Waals surface area contributed by atoms with Crippen LogP contribution in [-0.4, -0.2) is 14.9 Å². The molecule has 0 atom stereocenters. The summed E-state index contributed by atoms with van der Waals surface area (Å²) in [6, 6.07) is 0. The van der Waals surface area contributed by atoms with Crippen LogP contribution in [0, 0.1) is 5.92 Å². The first-order valence-electron chi connectivity index (χ1n) is 6.87. The van der Waals surface area contributed by atoms with Crippen LogP contribution in [0.5, 0.6) is 5.88 Å². The lowest BCUT2D eigenvalue weighted by molar-refractivity contribution is 0.390. The van der Waals surface area contributed by atoms with Crippen molar-refractivity contribution in [2.75, 3.05) is 0 Å². The maximum absolute atomic E-state index is 10.2. The molecule has 0 amide bonds. The van der Waals surface area contributed by atoms with Gasteiger partial charge in [0, 0.05) is 12.1 Å². The predicted molar refractivity (Wildman–Crippen MR) is 71.3 cm³/mol. The van der Waals surface area contributed by atoms with E-state index in [2.05, 4.69) is 32.8 Å². The largest absolute Gasteiger partial charge is 0.493 e. The van der Waals surface area contributed by atoms with Crippen LogP contribution in [0.1, 0.15) is 58.2 Å². The van der Waals surface area contributed by atoms with E-state index in [-0.39, 0.29) is 0 Å². The van der Waals surface area contributed by atoms with Gasteiger partial charge in [0.15, 0.2) is 0 Å². The lowest BCUT2D eigenvalue weighted by Crippen LogP contribution is -1.99. The van der Waals surface area contributed by atoms with Gasteiger partial charge in [-0.3, -0.25) is 0 Å².